The Labute approximate surface area is 112 Å². The SMILES string of the molecule is CCOC(=O)CC#Cc1ccc2c(c1)OCCCO2. The molecule has 0 atom stereocenters. The molecule has 0 N–H and O–H groups in total. The van der Waals surface area contributed by atoms with Gasteiger partial charge in [0.2, 0.25) is 0 Å². The first-order valence-electron chi connectivity index (χ1n) is 6.33. The van der Waals surface area contributed by atoms with Crippen LogP contribution in [0.2, 0.25) is 0 Å². The molecule has 1 aliphatic heterocycles. The van der Waals surface area contributed by atoms with Gasteiger partial charge in [-0.15, -0.1) is 0 Å². The van der Waals surface area contributed by atoms with Crippen LogP contribution in [0.1, 0.15) is 25.3 Å². The minimum Gasteiger partial charge on any atom is -0.490 e. The van der Waals surface area contributed by atoms with Gasteiger partial charge in [0.05, 0.1) is 19.8 Å². The molecule has 4 nitrogen and oxygen atoms in total. The van der Waals surface area contributed by atoms with Crippen molar-refractivity contribution in [1.29, 1.82) is 0 Å². The van der Waals surface area contributed by atoms with Gasteiger partial charge in [-0.1, -0.05) is 11.8 Å². The van der Waals surface area contributed by atoms with Gasteiger partial charge in [-0.25, -0.2) is 0 Å². The zero-order chi connectivity index (χ0) is 13.5. The number of rotatable bonds is 2. The number of ether oxygens (including phenoxy) is 3. The number of carbonyl (C=O) groups is 1. The molecule has 1 heterocycles. The van der Waals surface area contributed by atoms with Crippen molar-refractivity contribution in [3.63, 3.8) is 0 Å². The van der Waals surface area contributed by atoms with Crippen molar-refractivity contribution in [1.82, 2.24) is 0 Å². The van der Waals surface area contributed by atoms with Crippen LogP contribution in [0, 0.1) is 11.8 Å². The highest BCUT2D eigenvalue weighted by atomic mass is 16.5. The number of hydrogen-bond donors (Lipinski definition) is 0. The fraction of sp³-hybridized carbons (Fsp3) is 0.400. The molecule has 0 saturated heterocycles. The highest BCUT2D eigenvalue weighted by Gasteiger charge is 2.09. The summed E-state index contributed by atoms with van der Waals surface area (Å²) in [7, 11) is 0. The summed E-state index contributed by atoms with van der Waals surface area (Å²) >= 11 is 0. The highest BCUT2D eigenvalue weighted by Crippen LogP contribution is 2.30. The summed E-state index contributed by atoms with van der Waals surface area (Å²) < 4.78 is 15.9. The smallest absolute Gasteiger partial charge is 0.317 e. The molecule has 0 fully saturated rings. The van der Waals surface area contributed by atoms with Crippen molar-refractivity contribution in [2.45, 2.75) is 19.8 Å². The van der Waals surface area contributed by atoms with Gasteiger partial charge >= 0.3 is 5.97 Å². The van der Waals surface area contributed by atoms with Crippen LogP contribution in [-0.4, -0.2) is 25.8 Å². The normalized spacial score (nSPS) is 12.9. The van der Waals surface area contributed by atoms with Crippen LogP contribution in [0.4, 0.5) is 0 Å². The first kappa shape index (κ1) is 13.3. The maximum atomic E-state index is 11.1. The Balaban J connectivity index is 2.04. The molecule has 0 saturated carbocycles. The van der Waals surface area contributed by atoms with E-state index >= 15 is 0 Å². The molecule has 1 aromatic rings. The van der Waals surface area contributed by atoms with E-state index in [1.54, 1.807) is 6.92 Å². The monoisotopic (exact) mass is 260 g/mol. The molecule has 1 aliphatic rings. The quantitative estimate of drug-likeness (QED) is 0.603. The van der Waals surface area contributed by atoms with E-state index in [0.29, 0.717) is 25.6 Å². The van der Waals surface area contributed by atoms with Crippen LogP contribution in [0.15, 0.2) is 18.2 Å². The summed E-state index contributed by atoms with van der Waals surface area (Å²) in [6.07, 6.45) is 0.973. The van der Waals surface area contributed by atoms with Crippen molar-refractivity contribution in [3.05, 3.63) is 23.8 Å². The second kappa shape index (κ2) is 6.69. The third kappa shape index (κ3) is 3.92. The summed E-state index contributed by atoms with van der Waals surface area (Å²) in [5.74, 6) is 6.86. The van der Waals surface area contributed by atoms with Crippen LogP contribution < -0.4 is 9.47 Å². The average molecular weight is 260 g/mol. The number of esters is 1. The maximum Gasteiger partial charge on any atom is 0.317 e. The van der Waals surface area contributed by atoms with Crippen molar-refractivity contribution < 1.29 is 19.0 Å². The number of fused-ring (bicyclic) bond motifs is 1. The average Bonchev–Trinajstić information content (AvgIpc) is 2.63. The fourth-order valence-corrected chi connectivity index (χ4v) is 1.67. The van der Waals surface area contributed by atoms with Crippen molar-refractivity contribution >= 4 is 5.97 Å². The minimum atomic E-state index is -0.302. The Hall–Kier alpha value is -2.15. The number of carbonyl (C=O) groups excluding carboxylic acids is 1. The van der Waals surface area contributed by atoms with Crippen LogP contribution in [-0.2, 0) is 9.53 Å². The summed E-state index contributed by atoms with van der Waals surface area (Å²) in [5.41, 5.74) is 0.800. The topological polar surface area (TPSA) is 44.8 Å². The Morgan fingerprint density at radius 1 is 1.32 bits per heavy atom. The summed E-state index contributed by atoms with van der Waals surface area (Å²) in [6, 6.07) is 5.53. The van der Waals surface area contributed by atoms with E-state index in [4.69, 9.17) is 14.2 Å². The Morgan fingerprint density at radius 2 is 2.11 bits per heavy atom. The van der Waals surface area contributed by atoms with Crippen LogP contribution >= 0.6 is 0 Å². The lowest BCUT2D eigenvalue weighted by molar-refractivity contribution is -0.141. The molecule has 0 unspecified atom stereocenters. The minimum absolute atomic E-state index is 0.0995. The fourth-order valence-electron chi connectivity index (χ4n) is 1.67. The van der Waals surface area contributed by atoms with Gasteiger partial charge in [-0.05, 0) is 25.1 Å². The van der Waals surface area contributed by atoms with E-state index < -0.39 is 0 Å². The molecular formula is C15H16O4. The van der Waals surface area contributed by atoms with Gasteiger partial charge in [0.25, 0.3) is 0 Å². The Morgan fingerprint density at radius 3 is 2.89 bits per heavy atom. The van der Waals surface area contributed by atoms with Gasteiger partial charge in [0, 0.05) is 12.0 Å². The molecule has 4 heteroatoms. The summed E-state index contributed by atoms with van der Waals surface area (Å²) in [4.78, 5) is 11.1. The largest absolute Gasteiger partial charge is 0.490 e. The number of benzene rings is 1. The van der Waals surface area contributed by atoms with E-state index in [-0.39, 0.29) is 12.4 Å². The van der Waals surface area contributed by atoms with Gasteiger partial charge in [-0.2, -0.15) is 0 Å². The molecule has 0 aliphatic carbocycles. The molecular weight excluding hydrogens is 244 g/mol. The van der Waals surface area contributed by atoms with Crippen molar-refractivity contribution in [3.8, 4) is 23.3 Å². The molecule has 0 radical (unpaired) electrons. The zero-order valence-corrected chi connectivity index (χ0v) is 10.9. The molecule has 19 heavy (non-hydrogen) atoms. The van der Waals surface area contributed by atoms with Gasteiger partial charge in [0.1, 0.15) is 6.42 Å². The molecule has 0 spiro atoms. The van der Waals surface area contributed by atoms with Gasteiger partial charge < -0.3 is 14.2 Å². The van der Waals surface area contributed by atoms with Gasteiger partial charge in [-0.3, -0.25) is 4.79 Å². The molecule has 100 valence electrons. The van der Waals surface area contributed by atoms with Gasteiger partial charge in [0.15, 0.2) is 11.5 Å². The third-order valence-corrected chi connectivity index (χ3v) is 2.52. The molecule has 0 bridgehead atoms. The summed E-state index contributed by atoms with van der Waals surface area (Å²) in [5, 5.41) is 0. The Kier molecular flexibility index (Phi) is 4.68. The predicted octanol–water partition coefficient (Wildman–Crippen LogP) is 2.15. The number of hydrogen-bond acceptors (Lipinski definition) is 4. The van der Waals surface area contributed by atoms with Crippen molar-refractivity contribution in [2.75, 3.05) is 19.8 Å². The first-order valence-corrected chi connectivity index (χ1v) is 6.33. The van der Waals surface area contributed by atoms with Crippen molar-refractivity contribution in [2.24, 2.45) is 0 Å². The van der Waals surface area contributed by atoms with E-state index in [1.165, 1.54) is 0 Å². The molecule has 1 aromatic carbocycles. The lowest BCUT2D eigenvalue weighted by Gasteiger charge is -2.06. The zero-order valence-electron chi connectivity index (χ0n) is 10.9. The van der Waals surface area contributed by atoms with E-state index in [0.717, 1.165) is 17.7 Å². The second-order valence-corrected chi connectivity index (χ2v) is 4.00. The molecule has 0 amide bonds. The van der Waals surface area contributed by atoms with Crippen LogP contribution in [0.3, 0.4) is 0 Å². The lowest BCUT2D eigenvalue weighted by Crippen LogP contribution is -2.01. The van der Waals surface area contributed by atoms with E-state index in [9.17, 15) is 4.79 Å². The molecule has 2 rings (SSSR count). The first-order chi connectivity index (χ1) is 9.29. The Bertz CT molecular complexity index is 511. The molecule has 0 aromatic heterocycles. The van der Waals surface area contributed by atoms with Crippen LogP contribution in [0.25, 0.3) is 0 Å². The summed E-state index contributed by atoms with van der Waals surface area (Å²) in [6.45, 7) is 3.47. The van der Waals surface area contributed by atoms with Crippen LogP contribution in [0.5, 0.6) is 11.5 Å². The predicted molar refractivity (Wildman–Crippen MR) is 70.2 cm³/mol. The standard InChI is InChI=1S/C15H16O4/c1-2-17-15(16)6-3-5-12-7-8-13-14(11-12)19-10-4-9-18-13/h7-8,11H,2,4,6,9-10H2,1H3. The van der Waals surface area contributed by atoms with E-state index in [1.807, 2.05) is 18.2 Å². The highest BCUT2D eigenvalue weighted by molar-refractivity contribution is 5.72. The lowest BCUT2D eigenvalue weighted by atomic mass is 10.2. The maximum absolute atomic E-state index is 11.1. The van der Waals surface area contributed by atoms with E-state index in [2.05, 4.69) is 11.8 Å². The second-order valence-electron chi connectivity index (χ2n) is 4.00. The third-order valence-electron chi connectivity index (χ3n) is 2.52.